The molecule has 2 rings (SSSR count). The minimum atomic E-state index is -0.263. The maximum absolute atomic E-state index is 14.3. The van der Waals surface area contributed by atoms with Crippen LogP contribution >= 0.6 is 27.5 Å². The molecule has 1 N–H and O–H groups in total. The molecule has 106 valence electrons. The van der Waals surface area contributed by atoms with Crippen LogP contribution in [-0.4, -0.2) is 6.04 Å². The van der Waals surface area contributed by atoms with Gasteiger partial charge in [0.15, 0.2) is 0 Å². The van der Waals surface area contributed by atoms with Crippen LogP contribution in [0.1, 0.15) is 19.4 Å². The molecule has 0 aliphatic carbocycles. The average Bonchev–Trinajstić information content (AvgIpc) is 2.40. The van der Waals surface area contributed by atoms with Crippen LogP contribution in [0.4, 0.5) is 4.39 Å². The first kappa shape index (κ1) is 15.5. The summed E-state index contributed by atoms with van der Waals surface area (Å²) in [6.07, 6.45) is 0. The van der Waals surface area contributed by atoms with Gasteiger partial charge in [0.2, 0.25) is 0 Å². The Morgan fingerprint density at radius 2 is 1.95 bits per heavy atom. The Morgan fingerprint density at radius 1 is 1.20 bits per heavy atom. The molecule has 0 amide bonds. The first-order valence-electron chi connectivity index (χ1n) is 6.45. The van der Waals surface area contributed by atoms with Crippen molar-refractivity contribution in [2.24, 2.45) is 0 Å². The van der Waals surface area contributed by atoms with Crippen LogP contribution in [0.3, 0.4) is 0 Å². The van der Waals surface area contributed by atoms with E-state index in [-0.39, 0.29) is 5.82 Å². The topological polar surface area (TPSA) is 12.0 Å². The van der Waals surface area contributed by atoms with Crippen LogP contribution in [0.25, 0.3) is 11.1 Å². The lowest BCUT2D eigenvalue weighted by Crippen LogP contribution is -2.22. The highest BCUT2D eigenvalue weighted by atomic mass is 79.9. The fraction of sp³-hybridized carbons (Fsp3) is 0.250. The highest BCUT2D eigenvalue weighted by molar-refractivity contribution is 9.10. The van der Waals surface area contributed by atoms with Crippen molar-refractivity contribution in [1.29, 1.82) is 0 Å². The molecule has 0 saturated carbocycles. The van der Waals surface area contributed by atoms with Gasteiger partial charge < -0.3 is 5.32 Å². The van der Waals surface area contributed by atoms with Gasteiger partial charge in [-0.2, -0.15) is 0 Å². The Hall–Kier alpha value is -0.900. The summed E-state index contributed by atoms with van der Waals surface area (Å²) in [5.41, 5.74) is 2.41. The number of hydrogen-bond donors (Lipinski definition) is 1. The van der Waals surface area contributed by atoms with E-state index in [9.17, 15) is 4.39 Å². The monoisotopic (exact) mass is 355 g/mol. The number of hydrogen-bond acceptors (Lipinski definition) is 1. The van der Waals surface area contributed by atoms with E-state index in [1.165, 1.54) is 0 Å². The van der Waals surface area contributed by atoms with Gasteiger partial charge in [-0.05, 0) is 45.3 Å². The lowest BCUT2D eigenvalue weighted by molar-refractivity contribution is 0.588. The predicted octanol–water partition coefficient (Wildman–Crippen LogP) is 5.41. The third-order valence-corrected chi connectivity index (χ3v) is 3.86. The molecule has 2 aromatic rings. The predicted molar refractivity (Wildman–Crippen MR) is 86.5 cm³/mol. The quantitative estimate of drug-likeness (QED) is 0.772. The van der Waals surface area contributed by atoms with Crippen molar-refractivity contribution in [1.82, 2.24) is 5.32 Å². The van der Waals surface area contributed by atoms with Crippen molar-refractivity contribution in [3.63, 3.8) is 0 Å². The van der Waals surface area contributed by atoms with Crippen molar-refractivity contribution in [3.05, 3.63) is 57.3 Å². The maximum atomic E-state index is 14.3. The average molecular weight is 357 g/mol. The van der Waals surface area contributed by atoms with Crippen LogP contribution in [0.15, 0.2) is 40.9 Å². The number of nitrogens with one attached hydrogen (secondary N) is 1. The molecule has 0 bridgehead atoms. The van der Waals surface area contributed by atoms with Crippen molar-refractivity contribution in [2.45, 2.75) is 26.4 Å². The summed E-state index contributed by atoms with van der Waals surface area (Å²) in [5, 5.41) is 3.95. The Bertz CT molecular complexity index is 613. The summed E-state index contributed by atoms with van der Waals surface area (Å²) in [6.45, 7) is 4.83. The second kappa shape index (κ2) is 6.70. The van der Waals surface area contributed by atoms with E-state index >= 15 is 0 Å². The van der Waals surface area contributed by atoms with Gasteiger partial charge in [-0.1, -0.05) is 43.6 Å². The molecule has 2 aromatic carbocycles. The fourth-order valence-corrected chi connectivity index (χ4v) is 2.52. The zero-order valence-electron chi connectivity index (χ0n) is 11.4. The van der Waals surface area contributed by atoms with Crippen LogP contribution in [0.2, 0.25) is 5.02 Å². The third-order valence-electron chi connectivity index (χ3n) is 3.01. The maximum Gasteiger partial charge on any atom is 0.145 e. The minimum Gasteiger partial charge on any atom is -0.310 e. The van der Waals surface area contributed by atoms with Gasteiger partial charge in [0, 0.05) is 23.2 Å². The molecular weight excluding hydrogens is 341 g/mol. The molecule has 0 aliphatic heterocycles. The summed E-state index contributed by atoms with van der Waals surface area (Å²) in [7, 11) is 0. The SMILES string of the molecule is CC(C)NCc1ccc(Cl)cc1-c1cccc(Br)c1F. The van der Waals surface area contributed by atoms with Crippen molar-refractivity contribution in [2.75, 3.05) is 0 Å². The molecule has 0 atom stereocenters. The largest absolute Gasteiger partial charge is 0.310 e. The molecule has 0 aliphatic rings. The fourth-order valence-electron chi connectivity index (χ4n) is 1.98. The lowest BCUT2D eigenvalue weighted by atomic mass is 9.99. The molecule has 0 unspecified atom stereocenters. The molecule has 0 aromatic heterocycles. The third kappa shape index (κ3) is 3.60. The number of halogens is 3. The zero-order chi connectivity index (χ0) is 14.7. The number of rotatable bonds is 4. The lowest BCUT2D eigenvalue weighted by Gasteiger charge is -2.14. The first-order chi connectivity index (χ1) is 9.49. The normalized spacial score (nSPS) is 11.1. The van der Waals surface area contributed by atoms with Crippen LogP contribution in [0.5, 0.6) is 0 Å². The molecule has 0 fully saturated rings. The molecule has 0 spiro atoms. The van der Waals surface area contributed by atoms with Gasteiger partial charge in [0.1, 0.15) is 5.82 Å². The second-order valence-corrected chi connectivity index (χ2v) is 6.23. The summed E-state index contributed by atoms with van der Waals surface area (Å²) in [4.78, 5) is 0. The van der Waals surface area contributed by atoms with Crippen LogP contribution in [-0.2, 0) is 6.54 Å². The molecule has 20 heavy (non-hydrogen) atoms. The van der Waals surface area contributed by atoms with E-state index in [1.807, 2.05) is 24.3 Å². The molecule has 4 heteroatoms. The highest BCUT2D eigenvalue weighted by Crippen LogP contribution is 2.32. The molecule has 0 saturated heterocycles. The summed E-state index contributed by atoms with van der Waals surface area (Å²) >= 11 is 9.29. The minimum absolute atomic E-state index is 0.263. The smallest absolute Gasteiger partial charge is 0.145 e. The van der Waals surface area contributed by atoms with Gasteiger partial charge in [0.05, 0.1) is 4.47 Å². The first-order valence-corrected chi connectivity index (χ1v) is 7.62. The van der Waals surface area contributed by atoms with Crippen LogP contribution < -0.4 is 5.32 Å². The molecule has 0 heterocycles. The van der Waals surface area contributed by atoms with Crippen molar-refractivity contribution >= 4 is 27.5 Å². The van der Waals surface area contributed by atoms with E-state index in [0.717, 1.165) is 11.1 Å². The van der Waals surface area contributed by atoms with Gasteiger partial charge in [-0.15, -0.1) is 0 Å². The Kier molecular flexibility index (Phi) is 5.19. The van der Waals surface area contributed by atoms with E-state index in [4.69, 9.17) is 11.6 Å². The van der Waals surface area contributed by atoms with E-state index in [1.54, 1.807) is 12.1 Å². The summed E-state index contributed by atoms with van der Waals surface area (Å²) in [5.74, 6) is -0.263. The van der Waals surface area contributed by atoms with Gasteiger partial charge in [0.25, 0.3) is 0 Å². The summed E-state index contributed by atoms with van der Waals surface area (Å²) in [6, 6.07) is 11.2. The van der Waals surface area contributed by atoms with Crippen molar-refractivity contribution in [3.8, 4) is 11.1 Å². The Balaban J connectivity index is 2.48. The number of benzene rings is 2. The second-order valence-electron chi connectivity index (χ2n) is 4.94. The molecular formula is C16H16BrClFN. The van der Waals surface area contributed by atoms with Gasteiger partial charge >= 0.3 is 0 Å². The van der Waals surface area contributed by atoms with E-state index in [0.29, 0.717) is 27.6 Å². The molecule has 0 radical (unpaired) electrons. The van der Waals surface area contributed by atoms with Gasteiger partial charge in [-0.25, -0.2) is 4.39 Å². The Labute approximate surface area is 132 Å². The van der Waals surface area contributed by atoms with Crippen molar-refractivity contribution < 1.29 is 4.39 Å². The Morgan fingerprint density at radius 3 is 2.65 bits per heavy atom. The van der Waals surface area contributed by atoms with Crippen LogP contribution in [0, 0.1) is 5.82 Å². The zero-order valence-corrected chi connectivity index (χ0v) is 13.7. The standard InChI is InChI=1S/C16H16BrClFN/c1-10(2)20-9-11-6-7-12(18)8-14(11)13-4-3-5-15(17)16(13)19/h3-8,10,20H,9H2,1-2H3. The highest BCUT2D eigenvalue weighted by Gasteiger charge is 2.12. The van der Waals surface area contributed by atoms with Gasteiger partial charge in [-0.3, -0.25) is 0 Å². The van der Waals surface area contributed by atoms with E-state index < -0.39 is 0 Å². The van der Waals surface area contributed by atoms with E-state index in [2.05, 4.69) is 35.1 Å². The molecule has 1 nitrogen and oxygen atoms in total. The summed E-state index contributed by atoms with van der Waals surface area (Å²) < 4.78 is 14.7.